The lowest BCUT2D eigenvalue weighted by Gasteiger charge is -2.28. The van der Waals surface area contributed by atoms with Crippen LogP contribution in [0.2, 0.25) is 0 Å². The minimum Gasteiger partial charge on any atom is -0.508 e. The Hall–Kier alpha value is -4.78. The predicted molar refractivity (Wildman–Crippen MR) is 145 cm³/mol. The molecule has 0 radical (unpaired) electrons. The average Bonchev–Trinajstić information content (AvgIpc) is 3.50. The molecule has 5 aromatic rings. The second-order valence-corrected chi connectivity index (χ2v) is 9.84. The summed E-state index contributed by atoms with van der Waals surface area (Å²) in [5.74, 6) is 3.31. The fourth-order valence-electron chi connectivity index (χ4n) is 5.74. The molecule has 0 aliphatic carbocycles. The number of methoxy groups -OCH3 is 2. The maximum Gasteiger partial charge on any atom is 0.164 e. The summed E-state index contributed by atoms with van der Waals surface area (Å²) in [5.41, 5.74) is 5.03. The van der Waals surface area contributed by atoms with Crippen LogP contribution in [0.1, 0.15) is 34.5 Å². The van der Waals surface area contributed by atoms with E-state index in [2.05, 4.69) is 0 Å². The second kappa shape index (κ2) is 8.91. The van der Waals surface area contributed by atoms with Crippen LogP contribution in [0.5, 0.6) is 34.5 Å². The zero-order chi connectivity index (χ0) is 26.7. The number of rotatable bonds is 5. The van der Waals surface area contributed by atoms with Crippen LogP contribution < -0.4 is 18.9 Å². The average molecular weight is 523 g/mol. The number of phenolic OH excluding ortho intramolecular Hbond substituents is 2. The molecule has 0 amide bonds. The number of phenols is 2. The Kier molecular flexibility index (Phi) is 5.33. The summed E-state index contributed by atoms with van der Waals surface area (Å²) in [6.07, 6.45) is 0.0832. The molecule has 0 fully saturated rings. The highest BCUT2D eigenvalue weighted by molar-refractivity contribution is 5.97. The lowest BCUT2D eigenvalue weighted by atomic mass is 9.88. The Morgan fingerprint density at radius 1 is 0.846 bits per heavy atom. The quantitative estimate of drug-likeness (QED) is 0.265. The first-order chi connectivity index (χ1) is 19.0. The molecule has 1 aromatic heterocycles. The Balaban J connectivity index is 1.32. The third-order valence-electron chi connectivity index (χ3n) is 7.65. The summed E-state index contributed by atoms with van der Waals surface area (Å²) in [6, 6.07) is 22.7. The summed E-state index contributed by atoms with van der Waals surface area (Å²) in [4.78, 5) is 0. The van der Waals surface area contributed by atoms with Crippen molar-refractivity contribution in [2.24, 2.45) is 0 Å². The normalized spacial score (nSPS) is 17.1. The van der Waals surface area contributed by atoms with E-state index in [1.165, 1.54) is 7.11 Å². The van der Waals surface area contributed by atoms with Crippen LogP contribution >= 0.6 is 0 Å². The summed E-state index contributed by atoms with van der Waals surface area (Å²) in [6.45, 7) is 0.461. The molecule has 7 heteroatoms. The highest BCUT2D eigenvalue weighted by Gasteiger charge is 2.41. The number of aromatic hydroxyl groups is 2. The predicted octanol–water partition coefficient (Wildman–Crippen LogP) is 6.73. The van der Waals surface area contributed by atoms with Crippen molar-refractivity contribution in [2.75, 3.05) is 20.8 Å². The molecular weight excluding hydrogens is 496 g/mol. The topological polar surface area (TPSA) is 90.5 Å². The van der Waals surface area contributed by atoms with Crippen LogP contribution in [0.15, 0.2) is 77.2 Å². The van der Waals surface area contributed by atoms with Gasteiger partial charge in [0.2, 0.25) is 0 Å². The molecule has 2 aliphatic heterocycles. The zero-order valence-corrected chi connectivity index (χ0v) is 21.4. The van der Waals surface area contributed by atoms with E-state index in [9.17, 15) is 10.2 Å². The maximum absolute atomic E-state index is 11.0. The largest absolute Gasteiger partial charge is 0.508 e. The molecule has 4 aromatic carbocycles. The smallest absolute Gasteiger partial charge is 0.164 e. The summed E-state index contributed by atoms with van der Waals surface area (Å²) in [7, 11) is 3.14. The van der Waals surface area contributed by atoms with Crippen molar-refractivity contribution < 1.29 is 33.6 Å². The molecular formula is C32H26O7. The summed E-state index contributed by atoms with van der Waals surface area (Å²) >= 11 is 0. The van der Waals surface area contributed by atoms with Crippen LogP contribution in [0, 0.1) is 0 Å². The molecule has 0 saturated carbocycles. The molecule has 3 heterocycles. The molecule has 2 atom stereocenters. The molecule has 2 aliphatic rings. The molecule has 7 nitrogen and oxygen atoms in total. The Bertz CT molecular complexity index is 1720. The van der Waals surface area contributed by atoms with Crippen molar-refractivity contribution in [3.63, 3.8) is 0 Å². The first kappa shape index (κ1) is 23.3. The molecule has 2 N–H and O–H groups in total. The van der Waals surface area contributed by atoms with Crippen molar-refractivity contribution in [1.82, 2.24) is 0 Å². The number of ether oxygens (including phenoxy) is 4. The van der Waals surface area contributed by atoms with E-state index < -0.39 is 0 Å². The van der Waals surface area contributed by atoms with Gasteiger partial charge in [-0.25, -0.2) is 0 Å². The van der Waals surface area contributed by atoms with Gasteiger partial charge < -0.3 is 33.6 Å². The van der Waals surface area contributed by atoms with E-state index >= 15 is 0 Å². The van der Waals surface area contributed by atoms with E-state index in [1.807, 2.05) is 54.6 Å². The maximum atomic E-state index is 11.0. The Morgan fingerprint density at radius 3 is 2.49 bits per heavy atom. The SMILES string of the molecule is COc1ccc2c(c1)OC1c3cc(Cc4oc5cc(OC)c(O)cc5c4-c4ccccc4)c(O)cc3OCC21. The third kappa shape index (κ3) is 3.73. The van der Waals surface area contributed by atoms with Gasteiger partial charge in [-0.3, -0.25) is 0 Å². The molecule has 0 bridgehead atoms. The highest BCUT2D eigenvalue weighted by atomic mass is 16.5. The zero-order valence-electron chi connectivity index (χ0n) is 21.4. The lowest BCUT2D eigenvalue weighted by molar-refractivity contribution is 0.139. The second-order valence-electron chi connectivity index (χ2n) is 9.84. The van der Waals surface area contributed by atoms with E-state index in [1.54, 1.807) is 25.3 Å². The highest BCUT2D eigenvalue weighted by Crippen LogP contribution is 2.53. The van der Waals surface area contributed by atoms with E-state index in [0.29, 0.717) is 41.4 Å². The van der Waals surface area contributed by atoms with Crippen molar-refractivity contribution in [3.05, 3.63) is 95.2 Å². The van der Waals surface area contributed by atoms with Gasteiger partial charge in [0.1, 0.15) is 40.4 Å². The molecule has 2 unspecified atom stereocenters. The molecule has 39 heavy (non-hydrogen) atoms. The van der Waals surface area contributed by atoms with Crippen LogP contribution in [0.4, 0.5) is 0 Å². The van der Waals surface area contributed by atoms with E-state index in [-0.39, 0.29) is 23.5 Å². The summed E-state index contributed by atoms with van der Waals surface area (Å²) in [5, 5.41) is 22.3. The number of fused-ring (bicyclic) bond motifs is 6. The number of hydrogen-bond donors (Lipinski definition) is 2. The van der Waals surface area contributed by atoms with Crippen molar-refractivity contribution >= 4 is 11.0 Å². The van der Waals surface area contributed by atoms with Crippen molar-refractivity contribution in [3.8, 4) is 45.6 Å². The monoisotopic (exact) mass is 522 g/mol. The number of hydrogen-bond acceptors (Lipinski definition) is 7. The van der Waals surface area contributed by atoms with Gasteiger partial charge in [0, 0.05) is 52.3 Å². The lowest BCUT2D eigenvalue weighted by Crippen LogP contribution is -2.23. The van der Waals surface area contributed by atoms with Crippen LogP contribution in [0.25, 0.3) is 22.1 Å². The van der Waals surface area contributed by atoms with Gasteiger partial charge in [-0.05, 0) is 23.8 Å². The fraction of sp³-hybridized carbons (Fsp3) is 0.188. The van der Waals surface area contributed by atoms with Crippen molar-refractivity contribution in [2.45, 2.75) is 18.4 Å². The molecule has 0 saturated heterocycles. The fourth-order valence-corrected chi connectivity index (χ4v) is 5.74. The molecule has 196 valence electrons. The standard InChI is InChI=1S/C32H26O7/c1-35-19-8-9-20-23-16-37-26-14-24(33)18(10-22(26)32(23)39-27(20)12-19)11-30-31(17-6-4-3-5-7-17)21-13-25(34)29(36-2)15-28(21)38-30/h3-10,12-15,23,32-34H,11,16H2,1-2H3. The summed E-state index contributed by atoms with van der Waals surface area (Å²) < 4.78 is 29.5. The van der Waals surface area contributed by atoms with E-state index in [4.69, 9.17) is 23.4 Å². The number of benzene rings is 4. The van der Waals surface area contributed by atoms with Crippen LogP contribution in [-0.4, -0.2) is 31.0 Å². The Morgan fingerprint density at radius 2 is 1.69 bits per heavy atom. The molecule has 0 spiro atoms. The molecule has 7 rings (SSSR count). The van der Waals surface area contributed by atoms with Gasteiger partial charge in [-0.1, -0.05) is 36.4 Å². The third-order valence-corrected chi connectivity index (χ3v) is 7.65. The van der Waals surface area contributed by atoms with Gasteiger partial charge in [0.05, 0.1) is 26.7 Å². The van der Waals surface area contributed by atoms with Gasteiger partial charge in [0.15, 0.2) is 11.5 Å². The minimum atomic E-state index is -0.235. The van der Waals surface area contributed by atoms with Gasteiger partial charge >= 0.3 is 0 Å². The van der Waals surface area contributed by atoms with Crippen molar-refractivity contribution in [1.29, 1.82) is 0 Å². The first-order valence-electron chi connectivity index (χ1n) is 12.7. The number of furan rings is 1. The van der Waals surface area contributed by atoms with Gasteiger partial charge in [-0.2, -0.15) is 0 Å². The first-order valence-corrected chi connectivity index (χ1v) is 12.7. The van der Waals surface area contributed by atoms with Gasteiger partial charge in [0.25, 0.3) is 0 Å². The van der Waals surface area contributed by atoms with Crippen LogP contribution in [0.3, 0.4) is 0 Å². The van der Waals surface area contributed by atoms with Gasteiger partial charge in [-0.15, -0.1) is 0 Å². The van der Waals surface area contributed by atoms with Crippen LogP contribution in [-0.2, 0) is 6.42 Å². The Labute approximate surface area is 224 Å². The van der Waals surface area contributed by atoms with E-state index in [0.717, 1.165) is 39.1 Å². The minimum absolute atomic E-state index is 0.0314.